The first kappa shape index (κ1) is 19.6. The zero-order valence-corrected chi connectivity index (χ0v) is 16.0. The van der Waals surface area contributed by atoms with Crippen molar-refractivity contribution in [3.05, 3.63) is 48.0 Å². The number of benzene rings is 2. The van der Waals surface area contributed by atoms with Crippen LogP contribution in [0.4, 0.5) is 5.69 Å². The SMILES string of the molecule is C[C@H](OC(=O)CSc1ccc2c(c1)OCCO2)C(=O)Nc1cccc(C#N)c1. The van der Waals surface area contributed by atoms with Crippen LogP contribution in [0.25, 0.3) is 0 Å². The monoisotopic (exact) mass is 398 g/mol. The van der Waals surface area contributed by atoms with Gasteiger partial charge in [-0.1, -0.05) is 6.07 Å². The van der Waals surface area contributed by atoms with Crippen molar-refractivity contribution in [1.82, 2.24) is 0 Å². The van der Waals surface area contributed by atoms with Crippen LogP contribution < -0.4 is 14.8 Å². The quantitative estimate of drug-likeness (QED) is 0.590. The van der Waals surface area contributed by atoms with Crippen LogP contribution in [-0.2, 0) is 14.3 Å². The molecule has 0 saturated carbocycles. The van der Waals surface area contributed by atoms with Crippen molar-refractivity contribution in [2.75, 3.05) is 24.3 Å². The summed E-state index contributed by atoms with van der Waals surface area (Å²) in [4.78, 5) is 25.1. The lowest BCUT2D eigenvalue weighted by Gasteiger charge is -2.18. The minimum Gasteiger partial charge on any atom is -0.486 e. The van der Waals surface area contributed by atoms with E-state index < -0.39 is 18.0 Å². The van der Waals surface area contributed by atoms with E-state index in [0.717, 1.165) is 4.90 Å². The lowest BCUT2D eigenvalue weighted by Crippen LogP contribution is -2.30. The molecule has 144 valence electrons. The Bertz CT molecular complexity index is 925. The molecule has 0 aliphatic carbocycles. The van der Waals surface area contributed by atoms with E-state index in [1.54, 1.807) is 30.3 Å². The molecule has 0 bridgehead atoms. The van der Waals surface area contributed by atoms with Gasteiger partial charge in [0.25, 0.3) is 5.91 Å². The number of thioether (sulfide) groups is 1. The highest BCUT2D eigenvalue weighted by atomic mass is 32.2. The molecule has 8 heteroatoms. The third-order valence-electron chi connectivity index (χ3n) is 3.81. The van der Waals surface area contributed by atoms with Crippen LogP contribution in [0, 0.1) is 11.3 Å². The molecule has 28 heavy (non-hydrogen) atoms. The Labute approximate surface area is 166 Å². The van der Waals surface area contributed by atoms with Crippen molar-refractivity contribution >= 4 is 29.3 Å². The number of carbonyl (C=O) groups excluding carboxylic acids is 2. The Morgan fingerprint density at radius 1 is 1.21 bits per heavy atom. The number of fused-ring (bicyclic) bond motifs is 1. The number of nitrogens with zero attached hydrogens (tertiary/aromatic N) is 1. The number of hydrogen-bond donors (Lipinski definition) is 1. The Kier molecular flexibility index (Phi) is 6.40. The second kappa shape index (κ2) is 9.15. The molecule has 0 fully saturated rings. The van der Waals surface area contributed by atoms with Gasteiger partial charge in [0, 0.05) is 10.6 Å². The van der Waals surface area contributed by atoms with Crippen molar-refractivity contribution in [2.45, 2.75) is 17.9 Å². The van der Waals surface area contributed by atoms with Crippen LogP contribution in [0.1, 0.15) is 12.5 Å². The number of carbonyl (C=O) groups is 2. The van der Waals surface area contributed by atoms with Gasteiger partial charge in [-0.25, -0.2) is 0 Å². The summed E-state index contributed by atoms with van der Waals surface area (Å²) >= 11 is 1.29. The van der Waals surface area contributed by atoms with E-state index in [1.807, 2.05) is 18.2 Å². The fraction of sp³-hybridized carbons (Fsp3) is 0.250. The fourth-order valence-corrected chi connectivity index (χ4v) is 3.16. The molecule has 0 aromatic heterocycles. The minimum absolute atomic E-state index is 0.0567. The normalized spacial score (nSPS) is 13.1. The molecule has 2 aromatic rings. The lowest BCUT2D eigenvalue weighted by atomic mass is 10.2. The molecule has 1 heterocycles. The Morgan fingerprint density at radius 3 is 2.79 bits per heavy atom. The molecule has 0 unspecified atom stereocenters. The van der Waals surface area contributed by atoms with Crippen molar-refractivity contribution < 1.29 is 23.8 Å². The first-order valence-corrected chi connectivity index (χ1v) is 9.56. The standard InChI is InChI=1S/C20H18N2O5S/c1-13(20(24)22-15-4-2-3-14(9-15)11-21)27-19(23)12-28-16-5-6-17-18(10-16)26-8-7-25-17/h2-6,9-10,13H,7-8,12H2,1H3,(H,22,24)/t13-/m0/s1. The molecule has 1 aliphatic rings. The summed E-state index contributed by atoms with van der Waals surface area (Å²) in [7, 11) is 0. The number of nitriles is 1. The average Bonchev–Trinajstić information content (AvgIpc) is 2.72. The van der Waals surface area contributed by atoms with Crippen LogP contribution in [0.2, 0.25) is 0 Å². The maximum Gasteiger partial charge on any atom is 0.317 e. The van der Waals surface area contributed by atoms with Crippen LogP contribution >= 0.6 is 11.8 Å². The third-order valence-corrected chi connectivity index (χ3v) is 4.77. The molecule has 2 aromatic carbocycles. The summed E-state index contributed by atoms with van der Waals surface area (Å²) in [5, 5.41) is 11.5. The maximum absolute atomic E-state index is 12.2. The number of rotatable bonds is 6. The highest BCUT2D eigenvalue weighted by Gasteiger charge is 2.19. The number of anilines is 1. The van der Waals surface area contributed by atoms with E-state index in [2.05, 4.69) is 5.32 Å². The second-order valence-electron chi connectivity index (χ2n) is 5.91. The summed E-state index contributed by atoms with van der Waals surface area (Å²) in [5.74, 6) is 0.420. The Morgan fingerprint density at radius 2 is 2.00 bits per heavy atom. The number of ether oxygens (including phenoxy) is 3. The molecule has 0 radical (unpaired) electrons. The van der Waals surface area contributed by atoms with E-state index in [1.165, 1.54) is 18.7 Å². The summed E-state index contributed by atoms with van der Waals surface area (Å²) in [6, 6.07) is 13.9. The van der Waals surface area contributed by atoms with Crippen molar-refractivity contribution in [3.63, 3.8) is 0 Å². The summed E-state index contributed by atoms with van der Waals surface area (Å²) in [5.41, 5.74) is 0.899. The van der Waals surface area contributed by atoms with Crippen LogP contribution in [0.15, 0.2) is 47.4 Å². The van der Waals surface area contributed by atoms with E-state index in [4.69, 9.17) is 19.5 Å². The zero-order chi connectivity index (χ0) is 19.9. The van der Waals surface area contributed by atoms with Gasteiger partial charge in [0.2, 0.25) is 0 Å². The van der Waals surface area contributed by atoms with Gasteiger partial charge in [-0.2, -0.15) is 5.26 Å². The van der Waals surface area contributed by atoms with Gasteiger partial charge >= 0.3 is 5.97 Å². The maximum atomic E-state index is 12.2. The first-order valence-electron chi connectivity index (χ1n) is 8.58. The van der Waals surface area contributed by atoms with Gasteiger partial charge in [0.1, 0.15) is 13.2 Å². The van der Waals surface area contributed by atoms with Gasteiger partial charge in [-0.15, -0.1) is 11.8 Å². The van der Waals surface area contributed by atoms with E-state index in [-0.39, 0.29) is 5.75 Å². The Hall–Kier alpha value is -3.18. The second-order valence-corrected chi connectivity index (χ2v) is 6.96. The molecule has 1 atom stereocenters. The van der Waals surface area contributed by atoms with Crippen LogP contribution in [-0.4, -0.2) is 36.9 Å². The van der Waals surface area contributed by atoms with Gasteiger partial charge in [-0.05, 0) is 43.3 Å². The first-order chi connectivity index (χ1) is 13.5. The van der Waals surface area contributed by atoms with Gasteiger partial charge in [0.05, 0.1) is 17.4 Å². The van der Waals surface area contributed by atoms with Crippen molar-refractivity contribution in [2.24, 2.45) is 0 Å². The van der Waals surface area contributed by atoms with Gasteiger partial charge < -0.3 is 19.5 Å². The number of hydrogen-bond acceptors (Lipinski definition) is 7. The number of amides is 1. The highest BCUT2D eigenvalue weighted by Crippen LogP contribution is 2.34. The highest BCUT2D eigenvalue weighted by molar-refractivity contribution is 8.00. The molecule has 1 aliphatic heterocycles. The zero-order valence-electron chi connectivity index (χ0n) is 15.1. The summed E-state index contributed by atoms with van der Waals surface area (Å²) in [6.07, 6.45) is -0.959. The number of esters is 1. The topological polar surface area (TPSA) is 97.7 Å². The summed E-state index contributed by atoms with van der Waals surface area (Å²) in [6.45, 7) is 2.51. The minimum atomic E-state index is -0.959. The van der Waals surface area contributed by atoms with E-state index >= 15 is 0 Å². The average molecular weight is 398 g/mol. The van der Waals surface area contributed by atoms with Crippen molar-refractivity contribution in [1.29, 1.82) is 5.26 Å². The molecule has 0 spiro atoms. The van der Waals surface area contributed by atoms with Crippen molar-refractivity contribution in [3.8, 4) is 17.6 Å². The van der Waals surface area contributed by atoms with E-state index in [9.17, 15) is 9.59 Å². The molecule has 0 saturated heterocycles. The Balaban J connectivity index is 1.48. The van der Waals surface area contributed by atoms with Crippen LogP contribution in [0.3, 0.4) is 0 Å². The molecular weight excluding hydrogens is 380 g/mol. The predicted molar refractivity (Wildman–Crippen MR) is 103 cm³/mol. The summed E-state index contributed by atoms with van der Waals surface area (Å²) < 4.78 is 16.2. The van der Waals surface area contributed by atoms with E-state index in [0.29, 0.717) is 36.0 Å². The smallest absolute Gasteiger partial charge is 0.317 e. The molecular formula is C20H18N2O5S. The van der Waals surface area contributed by atoms with Gasteiger partial charge in [0.15, 0.2) is 17.6 Å². The third kappa shape index (κ3) is 5.18. The molecule has 3 rings (SSSR count). The predicted octanol–water partition coefficient (Wildman–Crippen LogP) is 2.99. The fourth-order valence-electron chi connectivity index (χ4n) is 2.45. The number of nitrogens with one attached hydrogen (secondary N) is 1. The largest absolute Gasteiger partial charge is 0.486 e. The van der Waals surface area contributed by atoms with Crippen LogP contribution in [0.5, 0.6) is 11.5 Å². The lowest BCUT2D eigenvalue weighted by molar-refractivity contribution is -0.150. The molecule has 1 N–H and O–H groups in total. The molecule has 7 nitrogen and oxygen atoms in total. The molecule has 1 amide bonds. The van der Waals surface area contributed by atoms with Gasteiger partial charge in [-0.3, -0.25) is 9.59 Å².